The second kappa shape index (κ2) is 11.7. The average Bonchev–Trinajstić information content (AvgIpc) is 3.30. The first-order valence-electron chi connectivity index (χ1n) is 7.96. The molecule has 22 heavy (non-hydrogen) atoms. The molecule has 0 aliphatic carbocycles. The van der Waals surface area contributed by atoms with Crippen LogP contribution >= 0.6 is 0 Å². The molecular formula is C15H29N7. The maximum atomic E-state index is 4.17. The second-order valence-corrected chi connectivity index (χ2v) is 4.82. The lowest BCUT2D eigenvalue weighted by molar-refractivity contribution is 0.904. The van der Waals surface area contributed by atoms with Crippen molar-refractivity contribution in [2.45, 2.75) is 26.7 Å². The van der Waals surface area contributed by atoms with E-state index in [0.29, 0.717) is 0 Å². The number of aromatic nitrogens is 2. The number of hydrogen-bond acceptors (Lipinski definition) is 6. The highest BCUT2D eigenvalue weighted by Gasteiger charge is 2.00. The third-order valence-electron chi connectivity index (χ3n) is 3.10. The van der Waals surface area contributed by atoms with Crippen LogP contribution in [0.15, 0.2) is 22.5 Å². The molecule has 0 radical (unpaired) electrons. The SMILES string of the molecule is CCC1=NCCN1.CCc1cnc[nH]1.CNCC1=NCCN1. The van der Waals surface area contributed by atoms with E-state index in [9.17, 15) is 0 Å². The molecule has 7 nitrogen and oxygen atoms in total. The quantitative estimate of drug-likeness (QED) is 0.655. The summed E-state index contributed by atoms with van der Waals surface area (Å²) in [6.07, 6.45) is 5.62. The summed E-state index contributed by atoms with van der Waals surface area (Å²) >= 11 is 0. The van der Waals surface area contributed by atoms with Crippen LogP contribution in [0.3, 0.4) is 0 Å². The van der Waals surface area contributed by atoms with E-state index in [-0.39, 0.29) is 0 Å². The van der Waals surface area contributed by atoms with E-state index in [4.69, 9.17) is 0 Å². The Kier molecular flexibility index (Phi) is 9.69. The van der Waals surface area contributed by atoms with Crippen molar-refractivity contribution in [2.24, 2.45) is 9.98 Å². The number of hydrogen-bond donors (Lipinski definition) is 4. The Labute approximate surface area is 133 Å². The fourth-order valence-electron chi connectivity index (χ4n) is 1.89. The van der Waals surface area contributed by atoms with Gasteiger partial charge in [-0.2, -0.15) is 0 Å². The van der Waals surface area contributed by atoms with Gasteiger partial charge >= 0.3 is 0 Å². The zero-order valence-electron chi connectivity index (χ0n) is 13.9. The Bertz CT molecular complexity index is 437. The summed E-state index contributed by atoms with van der Waals surface area (Å²) < 4.78 is 0. The normalized spacial score (nSPS) is 15.4. The Morgan fingerprint density at radius 2 is 1.73 bits per heavy atom. The van der Waals surface area contributed by atoms with Gasteiger partial charge in [-0.3, -0.25) is 9.98 Å². The molecule has 0 spiro atoms. The van der Waals surface area contributed by atoms with Crippen LogP contribution in [-0.2, 0) is 6.42 Å². The van der Waals surface area contributed by atoms with Crippen LogP contribution in [0.4, 0.5) is 0 Å². The van der Waals surface area contributed by atoms with Gasteiger partial charge in [0.15, 0.2) is 0 Å². The molecule has 0 amide bonds. The summed E-state index contributed by atoms with van der Waals surface area (Å²) in [4.78, 5) is 15.1. The van der Waals surface area contributed by atoms with Gasteiger partial charge in [0, 0.05) is 31.4 Å². The van der Waals surface area contributed by atoms with Crippen molar-refractivity contribution in [1.82, 2.24) is 25.9 Å². The zero-order valence-corrected chi connectivity index (χ0v) is 13.9. The number of amidine groups is 2. The molecule has 124 valence electrons. The summed E-state index contributed by atoms with van der Waals surface area (Å²) in [5, 5.41) is 9.32. The predicted octanol–water partition coefficient (Wildman–Crippen LogP) is 0.578. The molecule has 0 aromatic carbocycles. The third kappa shape index (κ3) is 7.78. The minimum absolute atomic E-state index is 0.875. The second-order valence-electron chi connectivity index (χ2n) is 4.82. The Morgan fingerprint density at radius 1 is 1.05 bits per heavy atom. The molecule has 2 aliphatic heterocycles. The van der Waals surface area contributed by atoms with Crippen molar-refractivity contribution < 1.29 is 0 Å². The highest BCUT2D eigenvalue weighted by atomic mass is 15.1. The average molecular weight is 307 g/mol. The van der Waals surface area contributed by atoms with Gasteiger partial charge in [-0.25, -0.2) is 4.98 Å². The van der Waals surface area contributed by atoms with Crippen LogP contribution in [0.2, 0.25) is 0 Å². The van der Waals surface area contributed by atoms with Crippen LogP contribution in [0, 0.1) is 0 Å². The smallest absolute Gasteiger partial charge is 0.110 e. The number of rotatable bonds is 4. The first-order chi connectivity index (χ1) is 10.8. The number of nitrogens with one attached hydrogen (secondary N) is 4. The maximum absolute atomic E-state index is 4.17. The van der Waals surface area contributed by atoms with E-state index in [0.717, 1.165) is 51.4 Å². The molecule has 3 rings (SSSR count). The van der Waals surface area contributed by atoms with Crippen molar-refractivity contribution in [3.63, 3.8) is 0 Å². The van der Waals surface area contributed by atoms with E-state index < -0.39 is 0 Å². The zero-order chi connectivity index (χ0) is 16.0. The molecular weight excluding hydrogens is 278 g/mol. The highest BCUT2D eigenvalue weighted by Crippen LogP contribution is 1.88. The topological polar surface area (TPSA) is 89.5 Å². The number of H-pyrrole nitrogens is 1. The molecule has 7 heteroatoms. The van der Waals surface area contributed by atoms with Crippen molar-refractivity contribution in [2.75, 3.05) is 39.8 Å². The molecule has 0 bridgehead atoms. The van der Waals surface area contributed by atoms with Gasteiger partial charge in [-0.15, -0.1) is 0 Å². The fraction of sp³-hybridized carbons (Fsp3) is 0.667. The van der Waals surface area contributed by atoms with E-state index >= 15 is 0 Å². The van der Waals surface area contributed by atoms with Crippen molar-refractivity contribution in [3.8, 4) is 0 Å². The number of imidazole rings is 1. The van der Waals surface area contributed by atoms with Gasteiger partial charge in [-0.1, -0.05) is 13.8 Å². The number of aryl methyl sites for hydroxylation is 1. The molecule has 4 N–H and O–H groups in total. The molecule has 1 aromatic heterocycles. The van der Waals surface area contributed by atoms with E-state index in [1.54, 1.807) is 6.33 Å². The van der Waals surface area contributed by atoms with Gasteiger partial charge < -0.3 is 20.9 Å². The fourth-order valence-corrected chi connectivity index (χ4v) is 1.89. The molecule has 1 aromatic rings. The van der Waals surface area contributed by atoms with Crippen LogP contribution in [-0.4, -0.2) is 61.4 Å². The van der Waals surface area contributed by atoms with Crippen LogP contribution < -0.4 is 16.0 Å². The summed E-state index contributed by atoms with van der Waals surface area (Å²) in [5.41, 5.74) is 1.19. The largest absolute Gasteiger partial charge is 0.372 e. The van der Waals surface area contributed by atoms with Gasteiger partial charge in [0.05, 0.1) is 31.8 Å². The standard InChI is InChI=1S/C5H11N3.C5H8N2.C5H10N2/c1-6-4-5-7-2-3-8-5;1-2-5-3-6-4-7-5;1-2-5-6-3-4-7-5/h6H,2-4H2,1H3,(H,7,8);3-4H,2H2,1H3,(H,6,7);2-4H2,1H3,(H,6,7). The van der Waals surface area contributed by atoms with Crippen LogP contribution in [0.1, 0.15) is 26.0 Å². The van der Waals surface area contributed by atoms with E-state index in [2.05, 4.69) is 49.8 Å². The first kappa shape index (κ1) is 18.2. The monoisotopic (exact) mass is 307 g/mol. The minimum Gasteiger partial charge on any atom is -0.372 e. The van der Waals surface area contributed by atoms with Crippen molar-refractivity contribution in [3.05, 3.63) is 18.2 Å². The van der Waals surface area contributed by atoms with Crippen LogP contribution in [0.25, 0.3) is 0 Å². The Hall–Kier alpha value is -1.89. The number of aliphatic imine (C=N–C) groups is 2. The van der Waals surface area contributed by atoms with Gasteiger partial charge in [0.2, 0.25) is 0 Å². The third-order valence-corrected chi connectivity index (χ3v) is 3.10. The lowest BCUT2D eigenvalue weighted by Gasteiger charge is -1.97. The lowest BCUT2D eigenvalue weighted by Crippen LogP contribution is -2.28. The Morgan fingerprint density at radius 3 is 2.05 bits per heavy atom. The maximum Gasteiger partial charge on any atom is 0.110 e. The molecule has 0 fully saturated rings. The summed E-state index contributed by atoms with van der Waals surface area (Å²) in [7, 11) is 1.92. The lowest BCUT2D eigenvalue weighted by atomic mass is 10.4. The molecule has 0 atom stereocenters. The first-order valence-corrected chi connectivity index (χ1v) is 7.96. The van der Waals surface area contributed by atoms with Gasteiger partial charge in [0.1, 0.15) is 5.84 Å². The molecule has 2 aliphatic rings. The number of aromatic amines is 1. The molecule has 0 unspecified atom stereocenters. The predicted molar refractivity (Wildman–Crippen MR) is 92.8 cm³/mol. The molecule has 0 saturated carbocycles. The van der Waals surface area contributed by atoms with E-state index in [1.165, 1.54) is 11.5 Å². The number of nitrogens with zero attached hydrogens (tertiary/aromatic N) is 3. The summed E-state index contributed by atoms with van der Waals surface area (Å²) in [6, 6.07) is 0. The Balaban J connectivity index is 0.000000166. The van der Waals surface area contributed by atoms with Crippen molar-refractivity contribution in [1.29, 1.82) is 0 Å². The van der Waals surface area contributed by atoms with E-state index in [1.807, 2.05) is 13.2 Å². The van der Waals surface area contributed by atoms with Crippen LogP contribution in [0.5, 0.6) is 0 Å². The summed E-state index contributed by atoms with van der Waals surface area (Å²) in [5.74, 6) is 2.26. The summed E-state index contributed by atoms with van der Waals surface area (Å²) in [6.45, 7) is 9.05. The minimum atomic E-state index is 0.875. The highest BCUT2D eigenvalue weighted by molar-refractivity contribution is 5.85. The number of likely N-dealkylation sites (N-methyl/N-ethyl adjacent to an activating group) is 1. The van der Waals surface area contributed by atoms with Crippen molar-refractivity contribution >= 4 is 11.7 Å². The van der Waals surface area contributed by atoms with Gasteiger partial charge in [-0.05, 0) is 13.5 Å². The van der Waals surface area contributed by atoms with Gasteiger partial charge in [0.25, 0.3) is 0 Å². The molecule has 0 saturated heterocycles. The molecule has 3 heterocycles.